The molecule has 4 heteroatoms. The van der Waals surface area contributed by atoms with Crippen molar-refractivity contribution in [3.05, 3.63) is 30.1 Å². The molecule has 3 nitrogen and oxygen atoms in total. The molecule has 2 heterocycles. The smallest absolute Gasteiger partial charge is 0.399 e. The number of hydrogen-bond donors (Lipinski definition) is 0. The minimum absolute atomic E-state index is 0.330. The first-order valence-electron chi connectivity index (χ1n) is 6.62. The van der Waals surface area contributed by atoms with Crippen LogP contribution in [0.5, 0.6) is 0 Å². The van der Waals surface area contributed by atoms with Gasteiger partial charge in [0.05, 0.1) is 11.2 Å². The second-order valence-electron chi connectivity index (χ2n) is 6.27. The third kappa shape index (κ3) is 2.47. The summed E-state index contributed by atoms with van der Waals surface area (Å²) in [6, 6.07) is 2.06. The average Bonchev–Trinajstić information content (AvgIpc) is 2.48. The molecule has 102 valence electrons. The van der Waals surface area contributed by atoms with Crippen LogP contribution >= 0.6 is 0 Å². The van der Waals surface area contributed by atoms with Crippen molar-refractivity contribution in [1.82, 2.24) is 4.98 Å². The topological polar surface area (TPSA) is 31.4 Å². The van der Waals surface area contributed by atoms with Gasteiger partial charge in [0.2, 0.25) is 0 Å². The number of rotatable bonds is 2. The molecular weight excluding hydrogens is 237 g/mol. The summed E-state index contributed by atoms with van der Waals surface area (Å²) in [6.45, 7) is 16.1. The van der Waals surface area contributed by atoms with Gasteiger partial charge in [-0.25, -0.2) is 0 Å². The Morgan fingerprint density at radius 3 is 2.21 bits per heavy atom. The number of nitrogens with zero attached hydrogens (tertiary/aromatic N) is 1. The molecule has 0 spiro atoms. The van der Waals surface area contributed by atoms with Gasteiger partial charge in [-0.05, 0) is 52.7 Å². The molecule has 1 aliphatic rings. The molecule has 0 aromatic carbocycles. The highest BCUT2D eigenvalue weighted by atomic mass is 16.7. The largest absolute Gasteiger partial charge is 0.496 e. The van der Waals surface area contributed by atoms with Gasteiger partial charge < -0.3 is 9.31 Å². The van der Waals surface area contributed by atoms with E-state index in [9.17, 15) is 0 Å². The zero-order valence-electron chi connectivity index (χ0n) is 12.7. The van der Waals surface area contributed by atoms with Gasteiger partial charge in [0.25, 0.3) is 0 Å². The lowest BCUT2D eigenvalue weighted by Crippen LogP contribution is -2.41. The summed E-state index contributed by atoms with van der Waals surface area (Å²) in [5.74, 6) is 0. The fourth-order valence-electron chi connectivity index (χ4n) is 1.99. The highest BCUT2D eigenvalue weighted by Gasteiger charge is 2.52. The Morgan fingerprint density at radius 1 is 1.21 bits per heavy atom. The maximum atomic E-state index is 6.07. The minimum atomic E-state index is -0.364. The van der Waals surface area contributed by atoms with Crippen LogP contribution in [0.15, 0.2) is 18.8 Å². The number of hydrogen-bond acceptors (Lipinski definition) is 3. The maximum Gasteiger partial charge on any atom is 0.496 e. The summed E-state index contributed by atoms with van der Waals surface area (Å²) < 4.78 is 12.1. The number of allylic oxidation sites excluding steroid dienone is 1. The lowest BCUT2D eigenvalue weighted by Gasteiger charge is -2.32. The number of aromatic nitrogens is 1. The van der Waals surface area contributed by atoms with Crippen LogP contribution in [-0.4, -0.2) is 23.3 Å². The molecular formula is C15H22BNO2. The lowest BCUT2D eigenvalue weighted by molar-refractivity contribution is 0.00578. The van der Waals surface area contributed by atoms with Gasteiger partial charge in [-0.3, -0.25) is 4.98 Å². The minimum Gasteiger partial charge on any atom is -0.399 e. The molecule has 0 bridgehead atoms. The Morgan fingerprint density at radius 2 is 1.74 bits per heavy atom. The Kier molecular flexibility index (Phi) is 3.35. The maximum absolute atomic E-state index is 6.07. The van der Waals surface area contributed by atoms with Crippen LogP contribution in [0.2, 0.25) is 0 Å². The van der Waals surface area contributed by atoms with Crippen molar-refractivity contribution in [2.45, 2.75) is 52.7 Å². The van der Waals surface area contributed by atoms with Crippen molar-refractivity contribution >= 4 is 18.2 Å². The monoisotopic (exact) mass is 259 g/mol. The van der Waals surface area contributed by atoms with Crippen molar-refractivity contribution in [2.24, 2.45) is 0 Å². The van der Waals surface area contributed by atoms with E-state index in [1.54, 1.807) is 0 Å². The molecule has 0 amide bonds. The summed E-state index contributed by atoms with van der Waals surface area (Å²) in [6.07, 6.45) is 1.84. The van der Waals surface area contributed by atoms with E-state index in [0.717, 1.165) is 22.3 Å². The van der Waals surface area contributed by atoms with Crippen LogP contribution in [-0.2, 0) is 9.31 Å². The molecule has 1 aliphatic heterocycles. The van der Waals surface area contributed by atoms with E-state index in [1.165, 1.54) is 0 Å². The zero-order chi connectivity index (χ0) is 14.4. The average molecular weight is 259 g/mol. The van der Waals surface area contributed by atoms with Crippen LogP contribution in [0.4, 0.5) is 0 Å². The molecule has 0 radical (unpaired) electrons. The molecule has 1 saturated heterocycles. The zero-order valence-corrected chi connectivity index (χ0v) is 12.7. The molecule has 0 aliphatic carbocycles. The summed E-state index contributed by atoms with van der Waals surface area (Å²) in [7, 11) is -0.364. The first kappa shape index (κ1) is 14.3. The normalized spacial score (nSPS) is 20.6. The van der Waals surface area contributed by atoms with Gasteiger partial charge in [0.1, 0.15) is 0 Å². The second kappa shape index (κ2) is 4.46. The molecule has 0 unspecified atom stereocenters. The third-order valence-electron chi connectivity index (χ3n) is 4.13. The van der Waals surface area contributed by atoms with E-state index < -0.39 is 0 Å². The van der Waals surface area contributed by atoms with Crippen LogP contribution in [0.3, 0.4) is 0 Å². The van der Waals surface area contributed by atoms with Gasteiger partial charge >= 0.3 is 7.12 Å². The Bertz CT molecular complexity index is 507. The summed E-state index contributed by atoms with van der Waals surface area (Å²) in [4.78, 5) is 4.42. The molecule has 0 atom stereocenters. The molecule has 1 fully saturated rings. The number of pyridine rings is 1. The van der Waals surface area contributed by atoms with Gasteiger partial charge in [-0.15, -0.1) is 0 Å². The number of aryl methyl sites for hydroxylation is 1. The van der Waals surface area contributed by atoms with Crippen molar-refractivity contribution in [3.8, 4) is 0 Å². The molecule has 1 aromatic heterocycles. The van der Waals surface area contributed by atoms with Crippen LogP contribution < -0.4 is 5.46 Å². The second-order valence-corrected chi connectivity index (χ2v) is 6.27. The Balaban J connectivity index is 2.39. The molecule has 2 rings (SSSR count). The summed E-state index contributed by atoms with van der Waals surface area (Å²) in [5.41, 5.74) is 3.27. The van der Waals surface area contributed by atoms with Crippen LogP contribution in [0, 0.1) is 6.92 Å². The summed E-state index contributed by atoms with van der Waals surface area (Å²) in [5, 5.41) is 0. The Hall–Kier alpha value is -1.13. The highest BCUT2D eigenvalue weighted by molar-refractivity contribution is 6.62. The predicted octanol–water partition coefficient (Wildman–Crippen LogP) is 2.72. The van der Waals surface area contributed by atoms with E-state index in [-0.39, 0.29) is 18.3 Å². The lowest BCUT2D eigenvalue weighted by atomic mass is 9.77. The summed E-state index contributed by atoms with van der Waals surface area (Å²) >= 11 is 0. The van der Waals surface area contributed by atoms with Crippen molar-refractivity contribution in [1.29, 1.82) is 0 Å². The molecule has 19 heavy (non-hydrogen) atoms. The Labute approximate surface area is 116 Å². The van der Waals surface area contributed by atoms with E-state index in [0.29, 0.717) is 0 Å². The van der Waals surface area contributed by atoms with Gasteiger partial charge in [-0.2, -0.15) is 0 Å². The SMILES string of the molecule is C=C(C)c1cnc(C)c(B2OC(C)(C)C(C)(C)O2)c1. The van der Waals surface area contributed by atoms with Gasteiger partial charge in [0, 0.05) is 17.4 Å². The van der Waals surface area contributed by atoms with Crippen molar-refractivity contribution in [3.63, 3.8) is 0 Å². The van der Waals surface area contributed by atoms with E-state index >= 15 is 0 Å². The van der Waals surface area contributed by atoms with Crippen molar-refractivity contribution in [2.75, 3.05) is 0 Å². The van der Waals surface area contributed by atoms with Crippen LogP contribution in [0.25, 0.3) is 5.57 Å². The van der Waals surface area contributed by atoms with E-state index in [1.807, 2.05) is 20.0 Å². The third-order valence-corrected chi connectivity index (χ3v) is 4.13. The first-order valence-corrected chi connectivity index (χ1v) is 6.62. The first-order chi connectivity index (χ1) is 8.64. The fourth-order valence-corrected chi connectivity index (χ4v) is 1.99. The molecule has 1 aromatic rings. The van der Waals surface area contributed by atoms with Gasteiger partial charge in [-0.1, -0.05) is 12.6 Å². The highest BCUT2D eigenvalue weighted by Crippen LogP contribution is 2.36. The standard InChI is InChI=1S/C15H22BNO2/c1-10(2)12-8-13(11(3)17-9-12)16-18-14(4,5)15(6,7)19-16/h8-9H,1H2,2-7H3. The molecule has 0 N–H and O–H groups in total. The quantitative estimate of drug-likeness (QED) is 0.765. The molecule has 0 saturated carbocycles. The fraction of sp³-hybridized carbons (Fsp3) is 0.533. The van der Waals surface area contributed by atoms with Crippen LogP contribution in [0.1, 0.15) is 45.9 Å². The van der Waals surface area contributed by atoms with E-state index in [4.69, 9.17) is 9.31 Å². The van der Waals surface area contributed by atoms with Gasteiger partial charge in [0.15, 0.2) is 0 Å². The van der Waals surface area contributed by atoms with Crippen molar-refractivity contribution < 1.29 is 9.31 Å². The predicted molar refractivity (Wildman–Crippen MR) is 79.4 cm³/mol. The van der Waals surface area contributed by atoms with E-state index in [2.05, 4.69) is 45.3 Å².